The summed E-state index contributed by atoms with van der Waals surface area (Å²) in [5.41, 5.74) is 3.48. The van der Waals surface area contributed by atoms with Crippen molar-refractivity contribution < 1.29 is 0 Å². The van der Waals surface area contributed by atoms with E-state index in [0.717, 1.165) is 24.0 Å². The van der Waals surface area contributed by atoms with E-state index in [-0.39, 0.29) is 0 Å². The van der Waals surface area contributed by atoms with E-state index in [0.29, 0.717) is 12.0 Å². The van der Waals surface area contributed by atoms with Gasteiger partial charge in [-0.1, -0.05) is 0 Å². The second kappa shape index (κ2) is 5.49. The fourth-order valence-corrected chi connectivity index (χ4v) is 1.92. The molecule has 100 valence electrons. The van der Waals surface area contributed by atoms with Crippen LogP contribution in [-0.2, 0) is 0 Å². The van der Waals surface area contributed by atoms with Gasteiger partial charge in [0.15, 0.2) is 0 Å². The van der Waals surface area contributed by atoms with Crippen LogP contribution in [0.25, 0.3) is 0 Å². The van der Waals surface area contributed by atoms with Crippen molar-refractivity contribution >= 4 is 11.8 Å². The first-order valence-corrected chi connectivity index (χ1v) is 6.38. The number of aryl methyl sites for hydroxylation is 1. The normalized spacial score (nSPS) is 16.7. The second-order valence-electron chi connectivity index (χ2n) is 5.00. The lowest BCUT2D eigenvalue weighted by atomic mass is 10.2. The molecule has 18 heavy (non-hydrogen) atoms. The van der Waals surface area contributed by atoms with Gasteiger partial charge in [0, 0.05) is 30.4 Å². The molecule has 1 aliphatic carbocycles. The standard InChI is InChI=1S/C12H22N6/c1-8-6-15-12(17-13)16-11(8)14-7-9(2)18(3)10-4-5-10/h6,9-10H,4-5,7,13H2,1-3H3,(H2,14,15,16,17). The molecular weight excluding hydrogens is 228 g/mol. The van der Waals surface area contributed by atoms with Gasteiger partial charge in [0.05, 0.1) is 0 Å². The van der Waals surface area contributed by atoms with Crippen LogP contribution in [0.2, 0.25) is 0 Å². The van der Waals surface area contributed by atoms with Crippen LogP contribution in [0.5, 0.6) is 0 Å². The summed E-state index contributed by atoms with van der Waals surface area (Å²) in [6, 6.07) is 1.26. The first-order chi connectivity index (χ1) is 8.61. The van der Waals surface area contributed by atoms with E-state index in [1.807, 2.05) is 6.92 Å². The van der Waals surface area contributed by atoms with Crippen LogP contribution in [-0.4, -0.2) is 40.5 Å². The van der Waals surface area contributed by atoms with Crippen LogP contribution in [0.4, 0.5) is 11.8 Å². The van der Waals surface area contributed by atoms with E-state index < -0.39 is 0 Å². The molecule has 4 N–H and O–H groups in total. The third-order valence-corrected chi connectivity index (χ3v) is 3.48. The van der Waals surface area contributed by atoms with Crippen LogP contribution in [0.3, 0.4) is 0 Å². The fourth-order valence-electron chi connectivity index (χ4n) is 1.92. The van der Waals surface area contributed by atoms with Crippen LogP contribution in [0.15, 0.2) is 6.20 Å². The number of hydrogen-bond acceptors (Lipinski definition) is 6. The lowest BCUT2D eigenvalue weighted by Crippen LogP contribution is -2.36. The molecule has 1 aromatic heterocycles. The molecule has 1 unspecified atom stereocenters. The fraction of sp³-hybridized carbons (Fsp3) is 0.667. The van der Waals surface area contributed by atoms with Crippen molar-refractivity contribution in [2.24, 2.45) is 5.84 Å². The van der Waals surface area contributed by atoms with Crippen molar-refractivity contribution in [2.75, 3.05) is 24.3 Å². The first-order valence-electron chi connectivity index (χ1n) is 6.38. The number of rotatable bonds is 6. The highest BCUT2D eigenvalue weighted by molar-refractivity contribution is 5.46. The number of hydrazine groups is 1. The van der Waals surface area contributed by atoms with Crippen LogP contribution >= 0.6 is 0 Å². The quantitative estimate of drug-likeness (QED) is 0.515. The number of nitrogen functional groups attached to an aromatic ring is 1. The van der Waals surface area contributed by atoms with Gasteiger partial charge in [-0.15, -0.1) is 0 Å². The molecule has 1 saturated carbocycles. The lowest BCUT2D eigenvalue weighted by molar-refractivity contribution is 0.257. The molecule has 0 bridgehead atoms. The molecule has 6 heteroatoms. The second-order valence-corrected chi connectivity index (χ2v) is 5.00. The van der Waals surface area contributed by atoms with E-state index in [2.05, 4.69) is 39.6 Å². The number of nitrogens with one attached hydrogen (secondary N) is 2. The molecule has 6 nitrogen and oxygen atoms in total. The maximum absolute atomic E-state index is 5.31. The minimum absolute atomic E-state index is 0.436. The number of anilines is 2. The minimum atomic E-state index is 0.436. The molecule has 1 aliphatic rings. The maximum Gasteiger partial charge on any atom is 0.239 e. The van der Waals surface area contributed by atoms with Crippen molar-refractivity contribution in [2.45, 2.75) is 38.8 Å². The summed E-state index contributed by atoms with van der Waals surface area (Å²) < 4.78 is 0. The molecule has 0 saturated heterocycles. The topological polar surface area (TPSA) is 79.1 Å². The Morgan fingerprint density at radius 1 is 1.56 bits per heavy atom. The van der Waals surface area contributed by atoms with Gasteiger partial charge in [0.1, 0.15) is 5.82 Å². The van der Waals surface area contributed by atoms with Crippen molar-refractivity contribution in [3.05, 3.63) is 11.8 Å². The van der Waals surface area contributed by atoms with Gasteiger partial charge >= 0.3 is 0 Å². The van der Waals surface area contributed by atoms with Crippen molar-refractivity contribution in [3.8, 4) is 0 Å². The highest BCUT2D eigenvalue weighted by atomic mass is 15.3. The largest absolute Gasteiger partial charge is 0.368 e. The Morgan fingerprint density at radius 3 is 2.89 bits per heavy atom. The third-order valence-electron chi connectivity index (χ3n) is 3.48. The average Bonchev–Trinajstić information content (AvgIpc) is 3.20. The van der Waals surface area contributed by atoms with E-state index in [1.54, 1.807) is 6.20 Å². The van der Waals surface area contributed by atoms with Crippen molar-refractivity contribution in [3.63, 3.8) is 0 Å². The monoisotopic (exact) mass is 250 g/mol. The summed E-state index contributed by atoms with van der Waals surface area (Å²) >= 11 is 0. The highest BCUT2D eigenvalue weighted by Gasteiger charge is 2.28. The zero-order valence-corrected chi connectivity index (χ0v) is 11.3. The smallest absolute Gasteiger partial charge is 0.239 e. The van der Waals surface area contributed by atoms with Gasteiger partial charge in [-0.05, 0) is 33.7 Å². The summed E-state index contributed by atoms with van der Waals surface area (Å²) in [6.07, 6.45) is 4.42. The molecule has 0 amide bonds. The van der Waals surface area contributed by atoms with E-state index in [9.17, 15) is 0 Å². The van der Waals surface area contributed by atoms with E-state index >= 15 is 0 Å². The Labute approximate surface area is 108 Å². The number of hydrogen-bond donors (Lipinski definition) is 3. The maximum atomic E-state index is 5.31. The first kappa shape index (κ1) is 13.0. The summed E-state index contributed by atoms with van der Waals surface area (Å²) in [5, 5.41) is 3.36. The van der Waals surface area contributed by atoms with Crippen LogP contribution < -0.4 is 16.6 Å². The van der Waals surface area contributed by atoms with Gasteiger partial charge in [0.2, 0.25) is 5.95 Å². The molecule has 0 aliphatic heterocycles. The summed E-state index contributed by atoms with van der Waals surface area (Å²) in [7, 11) is 2.18. The van der Waals surface area contributed by atoms with Gasteiger partial charge in [-0.3, -0.25) is 10.3 Å². The summed E-state index contributed by atoms with van der Waals surface area (Å²) in [6.45, 7) is 5.08. The van der Waals surface area contributed by atoms with Crippen molar-refractivity contribution in [1.29, 1.82) is 0 Å². The van der Waals surface area contributed by atoms with Crippen LogP contribution in [0, 0.1) is 6.92 Å². The van der Waals surface area contributed by atoms with Gasteiger partial charge in [0.25, 0.3) is 0 Å². The molecule has 1 atom stereocenters. The Hall–Kier alpha value is -1.40. The van der Waals surface area contributed by atoms with E-state index in [4.69, 9.17) is 5.84 Å². The molecule has 1 heterocycles. The molecule has 0 aromatic carbocycles. The van der Waals surface area contributed by atoms with Crippen LogP contribution in [0.1, 0.15) is 25.3 Å². The number of nitrogens with zero attached hydrogens (tertiary/aromatic N) is 3. The van der Waals surface area contributed by atoms with Gasteiger partial charge in [-0.25, -0.2) is 10.8 Å². The third kappa shape index (κ3) is 3.08. The Bertz CT molecular complexity index is 404. The zero-order chi connectivity index (χ0) is 13.1. The SMILES string of the molecule is Cc1cnc(NN)nc1NCC(C)N(C)C1CC1. The van der Waals surface area contributed by atoms with Gasteiger partial charge in [-0.2, -0.15) is 4.98 Å². The lowest BCUT2D eigenvalue weighted by Gasteiger charge is -2.25. The average molecular weight is 250 g/mol. The molecule has 1 aromatic rings. The summed E-state index contributed by atoms with van der Waals surface area (Å²) in [4.78, 5) is 10.8. The number of aromatic nitrogens is 2. The Morgan fingerprint density at radius 2 is 2.28 bits per heavy atom. The predicted molar refractivity (Wildman–Crippen MR) is 73.3 cm³/mol. The van der Waals surface area contributed by atoms with Crippen molar-refractivity contribution in [1.82, 2.24) is 14.9 Å². The number of nitrogens with two attached hydrogens (primary N) is 1. The van der Waals surface area contributed by atoms with E-state index in [1.165, 1.54) is 12.8 Å². The molecular formula is C12H22N6. The van der Waals surface area contributed by atoms with Gasteiger partial charge < -0.3 is 5.32 Å². The molecule has 1 fully saturated rings. The Balaban J connectivity index is 1.92. The Kier molecular flexibility index (Phi) is 3.98. The summed E-state index contributed by atoms with van der Waals surface area (Å²) in [5.74, 6) is 6.59. The highest BCUT2D eigenvalue weighted by Crippen LogP contribution is 2.27. The molecule has 0 spiro atoms. The minimum Gasteiger partial charge on any atom is -0.368 e. The predicted octanol–water partition coefficient (Wildman–Crippen LogP) is 0.965. The molecule has 0 radical (unpaired) electrons. The zero-order valence-electron chi connectivity index (χ0n) is 11.3. The molecule has 2 rings (SSSR count). The number of likely N-dealkylation sites (N-methyl/N-ethyl adjacent to an activating group) is 1.